The molecule has 0 atom stereocenters. The smallest absolute Gasteiger partial charge is 0.255 e. The topological polar surface area (TPSA) is 20.3 Å². The number of benzene rings is 1. The van der Waals surface area contributed by atoms with E-state index in [1.807, 2.05) is 0 Å². The highest BCUT2D eigenvalue weighted by atomic mass is 35.5. The quantitative estimate of drug-likeness (QED) is 0.744. The Hall–Kier alpha value is -1.16. The zero-order valence-corrected chi connectivity index (χ0v) is 12.4. The molecule has 1 aliphatic rings. The van der Waals surface area contributed by atoms with Crippen LogP contribution in [0, 0.1) is 17.6 Å². The molecule has 0 heterocycles. The Morgan fingerprint density at radius 1 is 1.35 bits per heavy atom. The van der Waals surface area contributed by atoms with Gasteiger partial charge in [-0.3, -0.25) is 4.79 Å². The minimum atomic E-state index is -1.04. The Labute approximate surface area is 122 Å². The van der Waals surface area contributed by atoms with Gasteiger partial charge in [-0.1, -0.05) is 25.4 Å². The Balaban J connectivity index is 2.21. The summed E-state index contributed by atoms with van der Waals surface area (Å²) in [6.45, 7) is 4.79. The Bertz CT molecular complexity index is 515. The molecule has 1 aromatic rings. The summed E-state index contributed by atoms with van der Waals surface area (Å²) >= 11 is 5.87. The van der Waals surface area contributed by atoms with E-state index in [9.17, 15) is 13.6 Å². The minimum Gasteiger partial charge on any atom is -0.336 e. The minimum absolute atomic E-state index is 0.0379. The van der Waals surface area contributed by atoms with Gasteiger partial charge < -0.3 is 4.90 Å². The van der Waals surface area contributed by atoms with Crippen molar-refractivity contribution in [3.63, 3.8) is 0 Å². The second-order valence-corrected chi connectivity index (χ2v) is 6.07. The van der Waals surface area contributed by atoms with Gasteiger partial charge in [-0.2, -0.15) is 0 Å². The molecule has 1 amide bonds. The zero-order chi connectivity index (χ0) is 14.9. The molecule has 2 nitrogen and oxygen atoms in total. The highest BCUT2D eigenvalue weighted by molar-refractivity contribution is 6.33. The van der Waals surface area contributed by atoms with Gasteiger partial charge in [-0.25, -0.2) is 8.78 Å². The summed E-state index contributed by atoms with van der Waals surface area (Å²) in [5.41, 5.74) is 0.0428. The van der Waals surface area contributed by atoms with Crippen LogP contribution >= 0.6 is 11.6 Å². The first kappa shape index (κ1) is 15.2. The Morgan fingerprint density at radius 2 is 1.95 bits per heavy atom. The van der Waals surface area contributed by atoms with E-state index < -0.39 is 11.6 Å². The fourth-order valence-electron chi connectivity index (χ4n) is 2.07. The third kappa shape index (κ3) is 3.48. The van der Waals surface area contributed by atoms with E-state index in [1.54, 1.807) is 4.90 Å². The number of carbonyl (C=O) groups is 1. The van der Waals surface area contributed by atoms with Gasteiger partial charge in [0.05, 0.1) is 10.6 Å². The third-order valence-corrected chi connectivity index (χ3v) is 3.75. The fourth-order valence-corrected chi connectivity index (χ4v) is 2.31. The second kappa shape index (κ2) is 6.08. The standard InChI is InChI=1S/C15H18ClF2NO/c1-9(2)5-6-19(10-3-4-10)15(20)11-7-13(17)14(18)8-12(11)16/h7-10H,3-6H2,1-2H3. The molecule has 20 heavy (non-hydrogen) atoms. The van der Waals surface area contributed by atoms with E-state index in [1.165, 1.54) is 0 Å². The van der Waals surface area contributed by atoms with Crippen molar-refractivity contribution in [2.24, 2.45) is 5.92 Å². The maximum atomic E-state index is 13.3. The van der Waals surface area contributed by atoms with Crippen LogP contribution in [0.4, 0.5) is 8.78 Å². The maximum absolute atomic E-state index is 13.3. The first-order chi connectivity index (χ1) is 9.40. The van der Waals surface area contributed by atoms with Gasteiger partial charge >= 0.3 is 0 Å². The summed E-state index contributed by atoms with van der Waals surface area (Å²) in [4.78, 5) is 14.2. The molecular formula is C15H18ClF2NO. The summed E-state index contributed by atoms with van der Waals surface area (Å²) in [6.07, 6.45) is 2.81. The zero-order valence-electron chi connectivity index (χ0n) is 11.6. The van der Waals surface area contributed by atoms with E-state index in [2.05, 4.69) is 13.8 Å². The van der Waals surface area contributed by atoms with Crippen molar-refractivity contribution in [3.05, 3.63) is 34.4 Å². The van der Waals surface area contributed by atoms with Gasteiger partial charge in [0.1, 0.15) is 0 Å². The summed E-state index contributed by atoms with van der Waals surface area (Å²) in [6, 6.07) is 1.97. The lowest BCUT2D eigenvalue weighted by molar-refractivity contribution is 0.0735. The predicted octanol–water partition coefficient (Wildman–Crippen LogP) is 4.27. The molecule has 0 radical (unpaired) electrons. The van der Waals surface area contributed by atoms with E-state index in [4.69, 9.17) is 11.6 Å². The highest BCUT2D eigenvalue weighted by Crippen LogP contribution is 2.31. The monoisotopic (exact) mass is 301 g/mol. The van der Waals surface area contributed by atoms with Crippen LogP contribution in [0.1, 0.15) is 43.5 Å². The molecule has 1 fully saturated rings. The molecule has 110 valence electrons. The molecule has 0 N–H and O–H groups in total. The molecule has 0 saturated heterocycles. The number of hydrogen-bond donors (Lipinski definition) is 0. The van der Waals surface area contributed by atoms with Gasteiger partial charge in [0.15, 0.2) is 11.6 Å². The largest absolute Gasteiger partial charge is 0.336 e. The molecule has 1 aromatic carbocycles. The van der Waals surface area contributed by atoms with Crippen LogP contribution in [0.25, 0.3) is 0 Å². The number of carbonyl (C=O) groups excluding carboxylic acids is 1. The van der Waals surface area contributed by atoms with Crippen LogP contribution in [0.5, 0.6) is 0 Å². The molecule has 2 rings (SSSR count). The lowest BCUT2D eigenvalue weighted by Gasteiger charge is -2.24. The molecule has 1 saturated carbocycles. The van der Waals surface area contributed by atoms with E-state index in [0.29, 0.717) is 12.5 Å². The molecule has 0 unspecified atom stereocenters. The molecule has 5 heteroatoms. The van der Waals surface area contributed by atoms with Crippen LogP contribution in [0.2, 0.25) is 5.02 Å². The lowest BCUT2D eigenvalue weighted by atomic mass is 10.1. The first-order valence-corrected chi connectivity index (χ1v) is 7.23. The molecule has 0 aromatic heterocycles. The summed E-state index contributed by atoms with van der Waals surface area (Å²) in [5.74, 6) is -1.91. The van der Waals surface area contributed by atoms with E-state index in [0.717, 1.165) is 31.4 Å². The van der Waals surface area contributed by atoms with Crippen molar-refractivity contribution < 1.29 is 13.6 Å². The maximum Gasteiger partial charge on any atom is 0.255 e. The van der Waals surface area contributed by atoms with E-state index >= 15 is 0 Å². The number of amides is 1. The van der Waals surface area contributed by atoms with Crippen LogP contribution in [-0.2, 0) is 0 Å². The highest BCUT2D eigenvalue weighted by Gasteiger charge is 2.33. The van der Waals surface area contributed by atoms with Crippen molar-refractivity contribution >= 4 is 17.5 Å². The van der Waals surface area contributed by atoms with Crippen molar-refractivity contribution in [1.82, 2.24) is 4.90 Å². The van der Waals surface area contributed by atoms with Crippen molar-refractivity contribution in [2.75, 3.05) is 6.54 Å². The second-order valence-electron chi connectivity index (χ2n) is 5.66. The van der Waals surface area contributed by atoms with Gasteiger partial charge in [-0.15, -0.1) is 0 Å². The van der Waals surface area contributed by atoms with Crippen LogP contribution in [0.15, 0.2) is 12.1 Å². The Kier molecular flexibility index (Phi) is 4.63. The number of rotatable bonds is 5. The third-order valence-electron chi connectivity index (χ3n) is 3.44. The van der Waals surface area contributed by atoms with Crippen LogP contribution in [0.3, 0.4) is 0 Å². The van der Waals surface area contributed by atoms with Gasteiger partial charge in [0, 0.05) is 12.6 Å². The first-order valence-electron chi connectivity index (χ1n) is 6.85. The van der Waals surface area contributed by atoms with Gasteiger partial charge in [0.2, 0.25) is 0 Å². The Morgan fingerprint density at radius 3 is 2.50 bits per heavy atom. The molecular weight excluding hydrogens is 284 g/mol. The predicted molar refractivity (Wildman–Crippen MR) is 74.9 cm³/mol. The van der Waals surface area contributed by atoms with Gasteiger partial charge in [-0.05, 0) is 37.3 Å². The average molecular weight is 302 g/mol. The summed E-state index contributed by atoms with van der Waals surface area (Å²) < 4.78 is 26.4. The van der Waals surface area contributed by atoms with Crippen molar-refractivity contribution in [3.8, 4) is 0 Å². The number of hydrogen-bond acceptors (Lipinski definition) is 1. The summed E-state index contributed by atoms with van der Waals surface area (Å²) in [5, 5.41) is -0.0379. The average Bonchev–Trinajstić information content (AvgIpc) is 3.18. The van der Waals surface area contributed by atoms with Crippen molar-refractivity contribution in [1.29, 1.82) is 0 Å². The molecule has 1 aliphatic carbocycles. The number of nitrogens with zero attached hydrogens (tertiary/aromatic N) is 1. The van der Waals surface area contributed by atoms with Crippen molar-refractivity contribution in [2.45, 2.75) is 39.2 Å². The van der Waals surface area contributed by atoms with Crippen LogP contribution < -0.4 is 0 Å². The number of halogens is 3. The molecule has 0 aliphatic heterocycles. The van der Waals surface area contributed by atoms with E-state index in [-0.39, 0.29) is 22.5 Å². The SMILES string of the molecule is CC(C)CCN(C(=O)c1cc(F)c(F)cc1Cl)C1CC1. The normalized spacial score (nSPS) is 14.7. The molecule has 0 bridgehead atoms. The van der Waals surface area contributed by atoms with Gasteiger partial charge in [0.25, 0.3) is 5.91 Å². The summed E-state index contributed by atoms with van der Waals surface area (Å²) in [7, 11) is 0. The fraction of sp³-hybridized carbons (Fsp3) is 0.533. The lowest BCUT2D eigenvalue weighted by Crippen LogP contribution is -2.34. The van der Waals surface area contributed by atoms with Crippen LogP contribution in [-0.4, -0.2) is 23.4 Å². The molecule has 0 spiro atoms.